The fourth-order valence-electron chi connectivity index (χ4n) is 3.66. The Morgan fingerprint density at radius 3 is 2.71 bits per heavy atom. The Hall–Kier alpha value is -3.76. The summed E-state index contributed by atoms with van der Waals surface area (Å²) in [5.41, 5.74) is 0.0898. The molecule has 0 radical (unpaired) electrons. The number of thioether (sulfide) groups is 1. The third-order valence-corrected chi connectivity index (χ3v) is 8.29. The van der Waals surface area contributed by atoms with E-state index in [1.807, 2.05) is 0 Å². The minimum absolute atomic E-state index is 0.0762. The molecule has 3 amide bonds. The topological polar surface area (TPSA) is 177 Å². The maximum atomic E-state index is 13.0. The second-order valence-electron chi connectivity index (χ2n) is 7.59. The van der Waals surface area contributed by atoms with Gasteiger partial charge in [-0.25, -0.2) is 14.6 Å². The zero-order valence-electron chi connectivity index (χ0n) is 19.4. The van der Waals surface area contributed by atoms with E-state index >= 15 is 0 Å². The number of halogens is 1. The number of carboxylic acids is 1. The van der Waals surface area contributed by atoms with Crippen molar-refractivity contribution in [3.05, 3.63) is 56.6 Å². The van der Waals surface area contributed by atoms with E-state index in [-0.39, 0.29) is 40.2 Å². The van der Waals surface area contributed by atoms with E-state index in [4.69, 9.17) is 9.57 Å². The molecule has 1 aromatic carbocycles. The van der Waals surface area contributed by atoms with Gasteiger partial charge in [0.25, 0.3) is 11.8 Å². The summed E-state index contributed by atoms with van der Waals surface area (Å²) in [7, 11) is 1.22. The van der Waals surface area contributed by atoms with Crippen molar-refractivity contribution in [1.29, 1.82) is 0 Å². The number of rotatable bonds is 10. The largest absolute Gasteiger partial charge is 0.477 e. The molecule has 2 aliphatic rings. The number of oxime groups is 1. The average Bonchev–Trinajstić information content (AvgIpc) is 3.27. The van der Waals surface area contributed by atoms with Crippen LogP contribution in [0.2, 0.25) is 0 Å². The molecule has 13 nitrogen and oxygen atoms in total. The van der Waals surface area contributed by atoms with Crippen LogP contribution in [-0.2, 0) is 28.8 Å². The second kappa shape index (κ2) is 11.7. The van der Waals surface area contributed by atoms with Gasteiger partial charge in [0, 0.05) is 11.3 Å². The number of benzene rings is 1. The maximum Gasteiger partial charge on any atom is 0.352 e. The Morgan fingerprint density at radius 2 is 2.05 bits per heavy atom. The van der Waals surface area contributed by atoms with Crippen LogP contribution in [0.1, 0.15) is 16.1 Å². The van der Waals surface area contributed by atoms with Crippen LogP contribution in [0.4, 0.5) is 5.13 Å². The van der Waals surface area contributed by atoms with E-state index in [1.165, 1.54) is 18.9 Å². The minimum Gasteiger partial charge on any atom is -0.477 e. The lowest BCUT2D eigenvalue weighted by atomic mass is 10.0. The third kappa shape index (κ3) is 5.41. The molecule has 0 saturated carbocycles. The number of β-lactam (4-membered cyclic amide) rings is 1. The van der Waals surface area contributed by atoms with Gasteiger partial charge >= 0.3 is 11.9 Å². The van der Waals surface area contributed by atoms with Crippen molar-refractivity contribution in [2.24, 2.45) is 5.16 Å². The van der Waals surface area contributed by atoms with Crippen molar-refractivity contribution in [3.8, 4) is 0 Å². The van der Waals surface area contributed by atoms with Gasteiger partial charge in [-0.1, -0.05) is 34.7 Å². The molecule has 2 atom stereocenters. The molecule has 16 heteroatoms. The molecule has 1 aromatic heterocycles. The van der Waals surface area contributed by atoms with Crippen LogP contribution < -0.4 is 10.6 Å². The standard InChI is InChI=1S/C22H18BrN5O8S2/c1-35-27-13(12-16(23)38-22(26-12)24-9-29)17(30)25-14-18(31)28-15(20(32)33)11(8-37-19(14)28)7-36-21(34)10-5-3-2-4-6-10/h2-6,9,14,19H,7-8H2,1H3,(H,25,30)(H,32,33)(H,24,26,29)/t14?,19-/m0/s1. The number of aromatic nitrogens is 1. The molecule has 0 bridgehead atoms. The first-order valence-corrected chi connectivity index (χ1v) is 13.3. The Labute approximate surface area is 231 Å². The summed E-state index contributed by atoms with van der Waals surface area (Å²) in [6, 6.07) is 7.16. The van der Waals surface area contributed by atoms with Crippen LogP contribution >= 0.6 is 39.0 Å². The van der Waals surface area contributed by atoms with Crippen molar-refractivity contribution >= 4 is 80.0 Å². The summed E-state index contributed by atoms with van der Waals surface area (Å²) in [5, 5.41) is 17.9. The number of hydrogen-bond acceptors (Lipinski definition) is 11. The van der Waals surface area contributed by atoms with Crippen LogP contribution in [-0.4, -0.2) is 81.8 Å². The molecule has 4 rings (SSSR count). The Bertz CT molecular complexity index is 1360. The second-order valence-corrected chi connectivity index (χ2v) is 11.0. The SMILES string of the molecule is CON=C(C(=O)NC1C(=O)N2C(C(=O)O)=C(COC(=O)c3ccccc3)CS[C@@H]12)c1nc(NC=O)sc1Br. The number of ether oxygens (including phenoxy) is 1. The lowest BCUT2D eigenvalue weighted by Gasteiger charge is -2.49. The highest BCUT2D eigenvalue weighted by Gasteiger charge is 2.54. The van der Waals surface area contributed by atoms with E-state index in [2.05, 4.69) is 36.7 Å². The minimum atomic E-state index is -1.36. The van der Waals surface area contributed by atoms with Gasteiger partial charge in [0.1, 0.15) is 40.3 Å². The Balaban J connectivity index is 1.48. The number of amides is 3. The molecule has 1 unspecified atom stereocenters. The molecule has 198 valence electrons. The third-order valence-electron chi connectivity index (χ3n) is 5.31. The van der Waals surface area contributed by atoms with Gasteiger partial charge in [-0.3, -0.25) is 19.3 Å². The molecule has 0 spiro atoms. The van der Waals surface area contributed by atoms with E-state index in [0.29, 0.717) is 15.8 Å². The maximum absolute atomic E-state index is 13.0. The highest BCUT2D eigenvalue weighted by atomic mass is 79.9. The average molecular weight is 624 g/mol. The van der Waals surface area contributed by atoms with Crippen LogP contribution in [0.15, 0.2) is 50.5 Å². The number of carbonyl (C=O) groups excluding carboxylic acids is 4. The molecule has 38 heavy (non-hydrogen) atoms. The van der Waals surface area contributed by atoms with Crippen LogP contribution in [0.5, 0.6) is 0 Å². The quantitative estimate of drug-likeness (QED) is 0.115. The number of fused-ring (bicyclic) bond motifs is 1. The van der Waals surface area contributed by atoms with Crippen molar-refractivity contribution in [2.75, 3.05) is 24.8 Å². The first-order chi connectivity index (χ1) is 18.3. The summed E-state index contributed by atoms with van der Waals surface area (Å²) in [6.07, 6.45) is 0.425. The normalized spacial score (nSPS) is 18.7. The van der Waals surface area contributed by atoms with Gasteiger partial charge in [-0.05, 0) is 28.1 Å². The van der Waals surface area contributed by atoms with E-state index < -0.39 is 35.2 Å². The number of nitrogens with zero attached hydrogens (tertiary/aromatic N) is 3. The first kappa shape index (κ1) is 27.3. The number of anilines is 1. The fourth-order valence-corrected chi connectivity index (χ4v) is 6.37. The van der Waals surface area contributed by atoms with E-state index in [0.717, 1.165) is 16.2 Å². The van der Waals surface area contributed by atoms with Gasteiger partial charge in [0.15, 0.2) is 10.8 Å². The molecular weight excluding hydrogens is 606 g/mol. The van der Waals surface area contributed by atoms with Crippen molar-refractivity contribution < 1.29 is 38.7 Å². The molecule has 3 heterocycles. The fraction of sp³-hybridized carbons (Fsp3) is 0.227. The Kier molecular flexibility index (Phi) is 8.43. The summed E-state index contributed by atoms with van der Waals surface area (Å²) in [5.74, 6) is -3.28. The predicted octanol–water partition coefficient (Wildman–Crippen LogP) is 1.42. The highest BCUT2D eigenvalue weighted by molar-refractivity contribution is 9.11. The van der Waals surface area contributed by atoms with Crippen molar-refractivity contribution in [1.82, 2.24) is 15.2 Å². The number of hydrogen-bond donors (Lipinski definition) is 3. The molecule has 1 fully saturated rings. The number of carboxylic acid groups (broad SMARTS) is 1. The van der Waals surface area contributed by atoms with Gasteiger partial charge in [-0.2, -0.15) is 0 Å². The molecular formula is C22H18BrN5O8S2. The van der Waals surface area contributed by atoms with Gasteiger partial charge in [0.2, 0.25) is 6.41 Å². The molecule has 2 aliphatic heterocycles. The van der Waals surface area contributed by atoms with Gasteiger partial charge in [0.05, 0.1) is 5.56 Å². The molecule has 0 aliphatic carbocycles. The van der Waals surface area contributed by atoms with E-state index in [9.17, 15) is 29.1 Å². The number of carbonyl (C=O) groups is 5. The summed E-state index contributed by atoms with van der Waals surface area (Å²) in [6.45, 7) is -0.310. The van der Waals surface area contributed by atoms with Gasteiger partial charge in [-0.15, -0.1) is 11.8 Å². The summed E-state index contributed by atoms with van der Waals surface area (Å²) < 4.78 is 5.65. The highest BCUT2D eigenvalue weighted by Crippen LogP contribution is 2.40. The number of nitrogens with one attached hydrogen (secondary N) is 2. The number of esters is 1. The molecule has 1 saturated heterocycles. The Morgan fingerprint density at radius 1 is 1.32 bits per heavy atom. The van der Waals surface area contributed by atoms with Crippen LogP contribution in [0.3, 0.4) is 0 Å². The predicted molar refractivity (Wildman–Crippen MR) is 139 cm³/mol. The summed E-state index contributed by atoms with van der Waals surface area (Å²) >= 11 is 5.51. The van der Waals surface area contributed by atoms with E-state index in [1.54, 1.807) is 30.3 Å². The number of aliphatic carboxylic acids is 1. The van der Waals surface area contributed by atoms with Crippen LogP contribution in [0.25, 0.3) is 0 Å². The van der Waals surface area contributed by atoms with Gasteiger partial charge < -0.3 is 25.3 Å². The molecule has 2 aromatic rings. The zero-order chi connectivity index (χ0) is 27.4. The van der Waals surface area contributed by atoms with Crippen molar-refractivity contribution in [3.63, 3.8) is 0 Å². The zero-order valence-corrected chi connectivity index (χ0v) is 22.6. The smallest absolute Gasteiger partial charge is 0.352 e. The van der Waals surface area contributed by atoms with Crippen molar-refractivity contribution in [2.45, 2.75) is 11.4 Å². The van der Waals surface area contributed by atoms with Crippen LogP contribution in [0, 0.1) is 0 Å². The molecule has 3 N–H and O–H groups in total. The summed E-state index contributed by atoms with van der Waals surface area (Å²) in [4.78, 5) is 71.0. The number of thiazole rings is 1. The monoisotopic (exact) mass is 623 g/mol. The first-order valence-electron chi connectivity index (χ1n) is 10.7. The lowest BCUT2D eigenvalue weighted by Crippen LogP contribution is -2.71. The lowest BCUT2D eigenvalue weighted by molar-refractivity contribution is -0.150.